The van der Waals surface area contributed by atoms with Gasteiger partial charge in [0.2, 0.25) is 0 Å². The number of anilines is 1. The van der Waals surface area contributed by atoms with Crippen molar-refractivity contribution < 1.29 is 0 Å². The van der Waals surface area contributed by atoms with Crippen molar-refractivity contribution in [3.8, 4) is 0 Å². The summed E-state index contributed by atoms with van der Waals surface area (Å²) in [6, 6.07) is 0. The number of nitrogens with one attached hydrogen (secondary N) is 1. The zero-order valence-corrected chi connectivity index (χ0v) is 15.5. The standard InChI is InChI=1S/C16H20N6S2/c1-11-7-17-14(20-15(11)22-5-3-21(2)4-6-22)10-24-16-18-12-8-23-9-13(12)19-16/h7-9H,3-6,10H2,1-2H3,(H,18,19). The fraction of sp³-hybridized carbons (Fsp3) is 0.438. The Hall–Kier alpha value is -1.64. The summed E-state index contributed by atoms with van der Waals surface area (Å²) >= 11 is 3.32. The van der Waals surface area contributed by atoms with Crippen molar-refractivity contribution in [3.63, 3.8) is 0 Å². The topological polar surface area (TPSA) is 60.9 Å². The van der Waals surface area contributed by atoms with Crippen molar-refractivity contribution in [1.82, 2.24) is 24.8 Å². The molecule has 0 spiro atoms. The Kier molecular flexibility index (Phi) is 4.43. The van der Waals surface area contributed by atoms with E-state index in [4.69, 9.17) is 4.98 Å². The van der Waals surface area contributed by atoms with E-state index in [1.165, 1.54) is 0 Å². The first-order chi connectivity index (χ1) is 11.7. The van der Waals surface area contributed by atoms with Crippen molar-refractivity contribution >= 4 is 39.9 Å². The molecule has 0 radical (unpaired) electrons. The van der Waals surface area contributed by atoms with Gasteiger partial charge < -0.3 is 14.8 Å². The number of likely N-dealkylation sites (N-methyl/N-ethyl adjacent to an activating group) is 1. The third-order valence-electron chi connectivity index (χ3n) is 4.24. The van der Waals surface area contributed by atoms with Gasteiger partial charge in [-0.3, -0.25) is 0 Å². The summed E-state index contributed by atoms with van der Waals surface area (Å²) in [5.41, 5.74) is 3.28. The number of fused-ring (bicyclic) bond motifs is 1. The highest BCUT2D eigenvalue weighted by atomic mass is 32.2. The number of H-pyrrole nitrogens is 1. The molecular formula is C16H20N6S2. The Morgan fingerprint density at radius 3 is 2.83 bits per heavy atom. The maximum atomic E-state index is 4.81. The molecule has 8 heteroatoms. The number of piperazine rings is 1. The Balaban J connectivity index is 1.47. The smallest absolute Gasteiger partial charge is 0.166 e. The van der Waals surface area contributed by atoms with E-state index < -0.39 is 0 Å². The first-order valence-corrected chi connectivity index (χ1v) is 9.92. The molecule has 4 rings (SSSR count). The maximum Gasteiger partial charge on any atom is 0.166 e. The summed E-state index contributed by atoms with van der Waals surface area (Å²) in [6.45, 7) is 6.29. The molecule has 0 aliphatic carbocycles. The fourth-order valence-corrected chi connectivity index (χ4v) is 4.24. The Bertz CT molecular complexity index is 806. The van der Waals surface area contributed by atoms with Crippen molar-refractivity contribution in [2.75, 3.05) is 38.1 Å². The minimum absolute atomic E-state index is 0.723. The van der Waals surface area contributed by atoms with Crippen LogP contribution in [0.5, 0.6) is 0 Å². The lowest BCUT2D eigenvalue weighted by molar-refractivity contribution is 0.312. The van der Waals surface area contributed by atoms with Gasteiger partial charge in [-0.2, -0.15) is 0 Å². The van der Waals surface area contributed by atoms with E-state index in [0.29, 0.717) is 0 Å². The number of thioether (sulfide) groups is 1. The van der Waals surface area contributed by atoms with Crippen LogP contribution in [-0.4, -0.2) is 58.1 Å². The number of nitrogens with zero attached hydrogens (tertiary/aromatic N) is 5. The van der Waals surface area contributed by atoms with E-state index in [1.807, 2.05) is 6.20 Å². The molecule has 1 aliphatic heterocycles. The monoisotopic (exact) mass is 360 g/mol. The zero-order chi connectivity index (χ0) is 16.5. The number of aryl methyl sites for hydroxylation is 1. The van der Waals surface area contributed by atoms with E-state index in [1.54, 1.807) is 23.1 Å². The van der Waals surface area contributed by atoms with Gasteiger partial charge in [0, 0.05) is 48.7 Å². The van der Waals surface area contributed by atoms with Gasteiger partial charge >= 0.3 is 0 Å². The van der Waals surface area contributed by atoms with Crippen molar-refractivity contribution in [2.24, 2.45) is 0 Å². The van der Waals surface area contributed by atoms with Gasteiger partial charge in [0.25, 0.3) is 0 Å². The summed E-state index contributed by atoms with van der Waals surface area (Å²) in [7, 11) is 2.17. The zero-order valence-electron chi connectivity index (χ0n) is 13.8. The molecular weight excluding hydrogens is 340 g/mol. The number of aromatic nitrogens is 4. The van der Waals surface area contributed by atoms with Gasteiger partial charge in [-0.1, -0.05) is 11.8 Å². The van der Waals surface area contributed by atoms with Crippen molar-refractivity contribution in [2.45, 2.75) is 17.8 Å². The molecule has 0 bridgehead atoms. The molecule has 126 valence electrons. The van der Waals surface area contributed by atoms with Gasteiger partial charge in [-0.05, 0) is 14.0 Å². The normalized spacial score (nSPS) is 16.2. The minimum atomic E-state index is 0.723. The van der Waals surface area contributed by atoms with Crippen LogP contribution in [0, 0.1) is 6.92 Å². The molecule has 0 saturated carbocycles. The first-order valence-electron chi connectivity index (χ1n) is 8.00. The number of imidazole rings is 1. The number of aromatic amines is 1. The Labute approximate surface area is 149 Å². The van der Waals surface area contributed by atoms with Crippen LogP contribution in [0.3, 0.4) is 0 Å². The highest BCUT2D eigenvalue weighted by Crippen LogP contribution is 2.25. The van der Waals surface area contributed by atoms with Gasteiger partial charge in [0.1, 0.15) is 17.2 Å². The van der Waals surface area contributed by atoms with Crippen LogP contribution in [0.2, 0.25) is 0 Å². The largest absolute Gasteiger partial charge is 0.354 e. The van der Waals surface area contributed by atoms with E-state index in [9.17, 15) is 0 Å². The average molecular weight is 361 g/mol. The van der Waals surface area contributed by atoms with Crippen LogP contribution in [0.4, 0.5) is 5.82 Å². The summed E-state index contributed by atoms with van der Waals surface area (Å²) < 4.78 is 0. The number of hydrogen-bond acceptors (Lipinski definition) is 7. The van der Waals surface area contributed by atoms with Gasteiger partial charge in [-0.15, -0.1) is 11.3 Å². The molecule has 1 aliphatic rings. The van der Waals surface area contributed by atoms with E-state index in [-0.39, 0.29) is 0 Å². The third kappa shape index (κ3) is 3.26. The second-order valence-electron chi connectivity index (χ2n) is 6.08. The van der Waals surface area contributed by atoms with Crippen LogP contribution < -0.4 is 4.90 Å². The summed E-state index contributed by atoms with van der Waals surface area (Å²) in [4.78, 5) is 21.9. The SMILES string of the molecule is Cc1cnc(CSc2nc3cscc3[nH]2)nc1N1CCN(C)CC1. The quantitative estimate of drug-likeness (QED) is 0.722. The van der Waals surface area contributed by atoms with Crippen LogP contribution in [0.15, 0.2) is 22.1 Å². The maximum absolute atomic E-state index is 4.81. The van der Waals surface area contributed by atoms with Gasteiger partial charge in [0.15, 0.2) is 5.16 Å². The number of thiophene rings is 1. The lowest BCUT2D eigenvalue weighted by atomic mass is 10.2. The molecule has 6 nitrogen and oxygen atoms in total. The third-order valence-corrected chi connectivity index (χ3v) is 5.84. The van der Waals surface area contributed by atoms with Crippen LogP contribution >= 0.6 is 23.1 Å². The molecule has 0 atom stereocenters. The van der Waals surface area contributed by atoms with E-state index >= 15 is 0 Å². The van der Waals surface area contributed by atoms with Crippen LogP contribution in [0.1, 0.15) is 11.4 Å². The van der Waals surface area contributed by atoms with Crippen LogP contribution in [-0.2, 0) is 5.75 Å². The molecule has 0 amide bonds. The number of hydrogen-bond donors (Lipinski definition) is 1. The second kappa shape index (κ2) is 6.70. The van der Waals surface area contributed by atoms with Crippen LogP contribution in [0.25, 0.3) is 11.0 Å². The predicted molar refractivity (Wildman–Crippen MR) is 100 cm³/mol. The predicted octanol–water partition coefficient (Wildman–Crippen LogP) is 2.77. The molecule has 1 fully saturated rings. The van der Waals surface area contributed by atoms with Crippen molar-refractivity contribution in [3.05, 3.63) is 28.3 Å². The molecule has 0 unspecified atom stereocenters. The molecule has 3 aromatic heterocycles. The molecule has 0 aromatic carbocycles. The lowest BCUT2D eigenvalue weighted by Gasteiger charge is -2.34. The van der Waals surface area contributed by atoms with E-state index in [0.717, 1.165) is 65.3 Å². The average Bonchev–Trinajstić information content (AvgIpc) is 3.16. The summed E-state index contributed by atoms with van der Waals surface area (Å²) in [6.07, 6.45) is 1.94. The molecule has 1 N–H and O–H groups in total. The Morgan fingerprint density at radius 2 is 2.04 bits per heavy atom. The number of rotatable bonds is 4. The molecule has 3 aromatic rings. The first kappa shape index (κ1) is 15.9. The molecule has 1 saturated heterocycles. The highest BCUT2D eigenvalue weighted by molar-refractivity contribution is 7.98. The van der Waals surface area contributed by atoms with E-state index in [2.05, 4.69) is 49.5 Å². The highest BCUT2D eigenvalue weighted by Gasteiger charge is 2.18. The molecule has 4 heterocycles. The minimum Gasteiger partial charge on any atom is -0.354 e. The summed E-state index contributed by atoms with van der Waals surface area (Å²) in [5.74, 6) is 2.66. The fourth-order valence-electron chi connectivity index (χ4n) is 2.80. The van der Waals surface area contributed by atoms with Gasteiger partial charge in [0.05, 0.1) is 11.3 Å². The molecule has 24 heavy (non-hydrogen) atoms. The Morgan fingerprint density at radius 1 is 1.21 bits per heavy atom. The van der Waals surface area contributed by atoms with Crippen molar-refractivity contribution in [1.29, 1.82) is 0 Å². The van der Waals surface area contributed by atoms with Gasteiger partial charge in [-0.25, -0.2) is 15.0 Å². The summed E-state index contributed by atoms with van der Waals surface area (Å²) in [5, 5.41) is 5.07. The second-order valence-corrected chi connectivity index (χ2v) is 7.79. The lowest BCUT2D eigenvalue weighted by Crippen LogP contribution is -2.45.